The molecule has 22 heavy (non-hydrogen) atoms. The molecule has 1 aliphatic rings. The van der Waals surface area contributed by atoms with Gasteiger partial charge >= 0.3 is 6.18 Å². The van der Waals surface area contributed by atoms with E-state index in [0.29, 0.717) is 31.0 Å². The van der Waals surface area contributed by atoms with Crippen molar-refractivity contribution in [3.63, 3.8) is 0 Å². The number of hydrogen-bond donors (Lipinski definition) is 1. The lowest BCUT2D eigenvalue weighted by atomic mass is 10.0. The van der Waals surface area contributed by atoms with Gasteiger partial charge in [-0.05, 0) is 30.3 Å². The van der Waals surface area contributed by atoms with Crippen molar-refractivity contribution in [2.45, 2.75) is 25.2 Å². The van der Waals surface area contributed by atoms with Crippen LogP contribution >= 0.6 is 0 Å². The highest BCUT2D eigenvalue weighted by Crippen LogP contribution is 2.33. The van der Waals surface area contributed by atoms with Gasteiger partial charge in [0.2, 0.25) is 5.88 Å². The van der Waals surface area contributed by atoms with Gasteiger partial charge in [0.15, 0.2) is 0 Å². The summed E-state index contributed by atoms with van der Waals surface area (Å²) >= 11 is 0. The Bertz CT molecular complexity index is 658. The number of pyridine rings is 1. The number of nitrogens with zero attached hydrogens (tertiary/aromatic N) is 1. The van der Waals surface area contributed by atoms with E-state index in [0.717, 1.165) is 17.7 Å². The van der Waals surface area contributed by atoms with Crippen molar-refractivity contribution < 1.29 is 17.9 Å². The van der Waals surface area contributed by atoms with Crippen LogP contribution in [0.25, 0.3) is 0 Å². The SMILES string of the molecule is FC(F)(F)c1cccc(C2CCNCc3cccnc3O2)c1. The quantitative estimate of drug-likeness (QED) is 0.872. The average Bonchev–Trinajstić information content (AvgIpc) is 2.47. The fourth-order valence-electron chi connectivity index (χ4n) is 2.46. The smallest absolute Gasteiger partial charge is 0.416 e. The van der Waals surface area contributed by atoms with Crippen molar-refractivity contribution in [3.8, 4) is 5.88 Å². The van der Waals surface area contributed by atoms with E-state index >= 15 is 0 Å². The van der Waals surface area contributed by atoms with Gasteiger partial charge in [0.05, 0.1) is 5.56 Å². The predicted molar refractivity (Wildman–Crippen MR) is 75.4 cm³/mol. The Morgan fingerprint density at radius 2 is 2.05 bits per heavy atom. The van der Waals surface area contributed by atoms with E-state index in [1.165, 1.54) is 6.07 Å². The monoisotopic (exact) mass is 308 g/mol. The fourth-order valence-corrected chi connectivity index (χ4v) is 2.46. The standard InChI is InChI=1S/C16H15F3N2O/c17-16(18,19)13-5-1-3-11(9-13)14-6-8-20-10-12-4-2-7-21-15(12)22-14/h1-5,7,9,14,20H,6,8,10H2. The number of aromatic nitrogens is 1. The summed E-state index contributed by atoms with van der Waals surface area (Å²) in [6, 6.07) is 8.98. The van der Waals surface area contributed by atoms with Gasteiger partial charge in [-0.2, -0.15) is 13.2 Å². The second kappa shape index (κ2) is 5.96. The summed E-state index contributed by atoms with van der Waals surface area (Å²) in [6.07, 6.45) is -2.61. The maximum atomic E-state index is 12.9. The second-order valence-electron chi connectivity index (χ2n) is 5.16. The van der Waals surface area contributed by atoms with Gasteiger partial charge in [0.1, 0.15) is 6.10 Å². The summed E-state index contributed by atoms with van der Waals surface area (Å²) in [7, 11) is 0. The third-order valence-corrected chi connectivity index (χ3v) is 3.59. The van der Waals surface area contributed by atoms with E-state index in [9.17, 15) is 13.2 Å². The van der Waals surface area contributed by atoms with Crippen molar-refractivity contribution in [1.29, 1.82) is 0 Å². The van der Waals surface area contributed by atoms with Crippen LogP contribution in [0.2, 0.25) is 0 Å². The highest BCUT2D eigenvalue weighted by Gasteiger charge is 2.31. The minimum atomic E-state index is -4.36. The molecule has 1 atom stereocenters. The zero-order chi connectivity index (χ0) is 15.6. The summed E-state index contributed by atoms with van der Waals surface area (Å²) in [4.78, 5) is 4.18. The molecule has 0 saturated carbocycles. The first-order valence-corrected chi connectivity index (χ1v) is 7.02. The highest BCUT2D eigenvalue weighted by atomic mass is 19.4. The van der Waals surface area contributed by atoms with Crippen LogP contribution in [0.3, 0.4) is 0 Å². The van der Waals surface area contributed by atoms with Crippen molar-refractivity contribution in [2.24, 2.45) is 0 Å². The van der Waals surface area contributed by atoms with Crippen molar-refractivity contribution >= 4 is 0 Å². The van der Waals surface area contributed by atoms with Gasteiger partial charge in [0, 0.05) is 24.7 Å². The molecule has 0 aliphatic carbocycles. The van der Waals surface area contributed by atoms with E-state index in [1.807, 2.05) is 12.1 Å². The third-order valence-electron chi connectivity index (χ3n) is 3.59. The van der Waals surface area contributed by atoms with Gasteiger partial charge in [-0.3, -0.25) is 0 Å². The topological polar surface area (TPSA) is 34.2 Å². The molecule has 0 amide bonds. The number of rotatable bonds is 1. The van der Waals surface area contributed by atoms with E-state index in [4.69, 9.17) is 4.74 Å². The number of hydrogen-bond acceptors (Lipinski definition) is 3. The molecule has 2 aromatic rings. The molecule has 0 spiro atoms. The van der Waals surface area contributed by atoms with Crippen molar-refractivity contribution in [1.82, 2.24) is 10.3 Å². The van der Waals surface area contributed by atoms with E-state index in [2.05, 4.69) is 10.3 Å². The average molecular weight is 308 g/mol. The lowest BCUT2D eigenvalue weighted by molar-refractivity contribution is -0.137. The van der Waals surface area contributed by atoms with E-state index < -0.39 is 17.8 Å². The lowest BCUT2D eigenvalue weighted by Gasteiger charge is -2.24. The molecule has 1 unspecified atom stereocenters. The number of nitrogens with one attached hydrogen (secondary N) is 1. The molecular formula is C16H15F3N2O. The molecule has 0 radical (unpaired) electrons. The summed E-state index contributed by atoms with van der Waals surface area (Å²) in [5, 5.41) is 3.25. The summed E-state index contributed by atoms with van der Waals surface area (Å²) in [6.45, 7) is 1.30. The van der Waals surface area contributed by atoms with Crippen LogP contribution in [0.1, 0.15) is 29.2 Å². The molecule has 6 heteroatoms. The molecule has 0 saturated heterocycles. The molecule has 3 rings (SSSR count). The summed E-state index contributed by atoms with van der Waals surface area (Å²) in [5.41, 5.74) is 0.749. The first-order chi connectivity index (χ1) is 10.5. The number of benzene rings is 1. The van der Waals surface area contributed by atoms with E-state index in [-0.39, 0.29) is 0 Å². The van der Waals surface area contributed by atoms with Crippen LogP contribution in [-0.2, 0) is 12.7 Å². The Balaban J connectivity index is 1.92. The van der Waals surface area contributed by atoms with Gasteiger partial charge in [-0.15, -0.1) is 0 Å². The number of alkyl halides is 3. The third kappa shape index (κ3) is 3.22. The Hall–Kier alpha value is -2.08. The normalized spacial score (nSPS) is 18.8. The maximum absolute atomic E-state index is 12.9. The van der Waals surface area contributed by atoms with Crippen LogP contribution in [0.15, 0.2) is 42.6 Å². The molecule has 3 nitrogen and oxygen atoms in total. The lowest BCUT2D eigenvalue weighted by Crippen LogP contribution is -2.24. The molecule has 1 aromatic heterocycles. The number of ether oxygens (including phenoxy) is 1. The Morgan fingerprint density at radius 3 is 2.86 bits per heavy atom. The second-order valence-corrected chi connectivity index (χ2v) is 5.16. The van der Waals surface area contributed by atoms with Crippen molar-refractivity contribution in [3.05, 3.63) is 59.3 Å². The first kappa shape index (κ1) is 14.8. The molecular weight excluding hydrogens is 293 g/mol. The van der Waals surface area contributed by atoms with Crippen molar-refractivity contribution in [2.75, 3.05) is 6.54 Å². The fraction of sp³-hybridized carbons (Fsp3) is 0.312. The number of fused-ring (bicyclic) bond motifs is 1. The Labute approximate surface area is 126 Å². The highest BCUT2D eigenvalue weighted by molar-refractivity contribution is 5.30. The molecule has 116 valence electrons. The predicted octanol–water partition coefficient (Wildman–Crippen LogP) is 3.71. The number of halogens is 3. The van der Waals surface area contributed by atoms with Gasteiger partial charge < -0.3 is 10.1 Å². The summed E-state index contributed by atoms with van der Waals surface area (Å²) < 4.78 is 44.4. The van der Waals surface area contributed by atoms with Crippen LogP contribution in [0.5, 0.6) is 5.88 Å². The molecule has 0 bridgehead atoms. The van der Waals surface area contributed by atoms with E-state index in [1.54, 1.807) is 12.3 Å². The molecule has 2 heterocycles. The Morgan fingerprint density at radius 1 is 1.18 bits per heavy atom. The zero-order valence-electron chi connectivity index (χ0n) is 11.7. The van der Waals surface area contributed by atoms with Crippen LogP contribution < -0.4 is 10.1 Å². The van der Waals surface area contributed by atoms with Crippen LogP contribution in [-0.4, -0.2) is 11.5 Å². The zero-order valence-corrected chi connectivity index (χ0v) is 11.7. The van der Waals surface area contributed by atoms with Crippen LogP contribution in [0, 0.1) is 0 Å². The van der Waals surface area contributed by atoms with Gasteiger partial charge in [0.25, 0.3) is 0 Å². The van der Waals surface area contributed by atoms with Gasteiger partial charge in [-0.25, -0.2) is 4.98 Å². The molecule has 0 fully saturated rings. The van der Waals surface area contributed by atoms with Crippen LogP contribution in [0.4, 0.5) is 13.2 Å². The first-order valence-electron chi connectivity index (χ1n) is 7.02. The molecule has 1 aromatic carbocycles. The largest absolute Gasteiger partial charge is 0.469 e. The van der Waals surface area contributed by atoms with Gasteiger partial charge in [-0.1, -0.05) is 18.2 Å². The molecule has 1 N–H and O–H groups in total. The minimum absolute atomic E-state index is 0.455. The minimum Gasteiger partial charge on any atom is -0.469 e. The summed E-state index contributed by atoms with van der Waals surface area (Å²) in [5.74, 6) is 0.470. The Kier molecular flexibility index (Phi) is 4.02. The molecule has 1 aliphatic heterocycles. The maximum Gasteiger partial charge on any atom is 0.416 e.